The molecular formula is C21H24F5N5O2S. The minimum Gasteiger partial charge on any atom is -0.320 e. The predicted octanol–water partition coefficient (Wildman–Crippen LogP) is 5.14. The summed E-state index contributed by atoms with van der Waals surface area (Å²) in [6.07, 6.45) is -3.14. The molecule has 13 heteroatoms. The number of hydrogen-bond donors (Lipinski definition) is 2. The Morgan fingerprint density at radius 3 is 2.47 bits per heavy atom. The number of rotatable bonds is 6. The van der Waals surface area contributed by atoms with Crippen molar-refractivity contribution < 1.29 is 31.0 Å². The lowest BCUT2D eigenvalue weighted by molar-refractivity contribution is -0.160. The zero-order valence-corrected chi connectivity index (χ0v) is 19.5. The number of alkyl halides is 5. The number of carbonyl (C=O) groups is 1. The summed E-state index contributed by atoms with van der Waals surface area (Å²) in [5, 5.41) is 6.33. The van der Waals surface area contributed by atoms with Crippen LogP contribution in [0.1, 0.15) is 60.8 Å². The van der Waals surface area contributed by atoms with Crippen molar-refractivity contribution in [2.24, 2.45) is 11.3 Å². The largest absolute Gasteiger partial charge is 0.420 e. The summed E-state index contributed by atoms with van der Waals surface area (Å²) in [6.45, 7) is 3.04. The highest BCUT2D eigenvalue weighted by Gasteiger charge is 2.55. The highest BCUT2D eigenvalue weighted by atomic mass is 32.2. The molecule has 0 bridgehead atoms. The van der Waals surface area contributed by atoms with E-state index in [-0.39, 0.29) is 28.9 Å². The Labute approximate surface area is 193 Å². The number of anilines is 1. The smallest absolute Gasteiger partial charge is 0.320 e. The van der Waals surface area contributed by atoms with Crippen LogP contribution in [0.2, 0.25) is 0 Å². The zero-order valence-electron chi connectivity index (χ0n) is 18.7. The van der Waals surface area contributed by atoms with E-state index in [9.17, 15) is 31.0 Å². The van der Waals surface area contributed by atoms with Gasteiger partial charge in [0.2, 0.25) is 5.92 Å². The summed E-state index contributed by atoms with van der Waals surface area (Å²) in [4.78, 5) is 17.0. The molecule has 1 amide bonds. The number of amides is 1. The van der Waals surface area contributed by atoms with Crippen molar-refractivity contribution in [1.82, 2.24) is 14.8 Å². The summed E-state index contributed by atoms with van der Waals surface area (Å²) in [7, 11) is -3.23. The van der Waals surface area contributed by atoms with Gasteiger partial charge in [-0.25, -0.2) is 22.8 Å². The standard InChI is InChI=1S/C21H24F5N5O2S/c1-11-6-13(11)16-15(21(24,25)26)17(31(30-16)10-19(2)8-20(22,23)9-19)18(32)29-12-4-5-28-14(7-12)34(3,27)33/h4-5,7,11,13,27H,6,8-10H2,1-3H3,(H,28,29,32)/t11-,13-,34-/m1/s1. The number of pyridine rings is 1. The maximum absolute atomic E-state index is 14.2. The van der Waals surface area contributed by atoms with Gasteiger partial charge in [0, 0.05) is 43.4 Å². The van der Waals surface area contributed by atoms with Gasteiger partial charge in [-0.1, -0.05) is 13.8 Å². The molecule has 0 aromatic carbocycles. The van der Waals surface area contributed by atoms with Crippen LogP contribution < -0.4 is 5.32 Å². The van der Waals surface area contributed by atoms with E-state index in [0.29, 0.717) is 6.42 Å². The van der Waals surface area contributed by atoms with E-state index >= 15 is 0 Å². The van der Waals surface area contributed by atoms with E-state index in [1.807, 2.05) is 0 Å². The van der Waals surface area contributed by atoms with Crippen molar-refractivity contribution in [3.63, 3.8) is 0 Å². The summed E-state index contributed by atoms with van der Waals surface area (Å²) >= 11 is 0. The molecule has 0 unspecified atom stereocenters. The number of halogens is 5. The van der Waals surface area contributed by atoms with Gasteiger partial charge in [-0.3, -0.25) is 9.48 Å². The van der Waals surface area contributed by atoms with Gasteiger partial charge in [-0.15, -0.1) is 0 Å². The molecule has 0 aliphatic heterocycles. The fourth-order valence-electron chi connectivity index (χ4n) is 4.63. The Balaban J connectivity index is 1.76. The lowest BCUT2D eigenvalue weighted by Crippen LogP contribution is -2.47. The molecule has 2 aromatic rings. The molecule has 2 aromatic heterocycles. The quantitative estimate of drug-likeness (QED) is 0.531. The van der Waals surface area contributed by atoms with Gasteiger partial charge >= 0.3 is 6.18 Å². The SMILES string of the molecule is C[C@@H]1C[C@H]1c1nn(CC2(C)CC(F)(F)C2)c(C(=O)Nc2ccnc([S@](C)(=N)=O)c2)c1C(F)(F)F. The van der Waals surface area contributed by atoms with Crippen LogP contribution in [0.4, 0.5) is 27.6 Å². The van der Waals surface area contributed by atoms with Gasteiger partial charge in [0.25, 0.3) is 5.91 Å². The normalized spacial score (nSPS) is 24.7. The third-order valence-corrected chi connectivity index (χ3v) is 7.25. The summed E-state index contributed by atoms with van der Waals surface area (Å²) in [5.74, 6) is -4.54. The van der Waals surface area contributed by atoms with Crippen molar-refractivity contribution in [2.45, 2.75) is 62.7 Å². The van der Waals surface area contributed by atoms with E-state index in [1.165, 1.54) is 19.2 Å². The van der Waals surface area contributed by atoms with Crippen LogP contribution in [-0.2, 0) is 22.5 Å². The number of nitrogens with one attached hydrogen (secondary N) is 2. The topological polar surface area (TPSA) is 101 Å². The molecule has 34 heavy (non-hydrogen) atoms. The Morgan fingerprint density at radius 1 is 1.35 bits per heavy atom. The minimum absolute atomic E-state index is 0.000397. The first-order valence-corrected chi connectivity index (χ1v) is 12.5. The van der Waals surface area contributed by atoms with Gasteiger partial charge in [-0.05, 0) is 29.9 Å². The molecule has 2 heterocycles. The van der Waals surface area contributed by atoms with Crippen LogP contribution in [-0.4, -0.2) is 37.1 Å². The van der Waals surface area contributed by atoms with Crippen molar-refractivity contribution in [2.75, 3.05) is 11.6 Å². The molecule has 0 radical (unpaired) electrons. The third-order valence-electron chi connectivity index (χ3n) is 6.23. The van der Waals surface area contributed by atoms with Gasteiger partial charge < -0.3 is 5.32 Å². The highest BCUT2D eigenvalue weighted by molar-refractivity contribution is 7.91. The van der Waals surface area contributed by atoms with Crippen LogP contribution in [0.5, 0.6) is 0 Å². The average molecular weight is 506 g/mol. The van der Waals surface area contributed by atoms with Crippen molar-refractivity contribution in [3.8, 4) is 0 Å². The minimum atomic E-state index is -4.89. The van der Waals surface area contributed by atoms with E-state index in [4.69, 9.17) is 4.78 Å². The number of aromatic nitrogens is 3. The van der Waals surface area contributed by atoms with Crippen LogP contribution >= 0.6 is 0 Å². The van der Waals surface area contributed by atoms with Crippen molar-refractivity contribution >= 4 is 21.3 Å². The number of carbonyl (C=O) groups excluding carboxylic acids is 1. The van der Waals surface area contributed by atoms with Crippen LogP contribution in [0.3, 0.4) is 0 Å². The Kier molecular flexibility index (Phi) is 5.57. The second kappa shape index (κ2) is 7.72. The van der Waals surface area contributed by atoms with Crippen LogP contribution in [0.25, 0.3) is 0 Å². The third kappa shape index (κ3) is 4.80. The number of hydrogen-bond acceptors (Lipinski definition) is 5. The molecular weight excluding hydrogens is 481 g/mol. The first-order chi connectivity index (χ1) is 15.5. The van der Waals surface area contributed by atoms with E-state index < -0.39 is 63.2 Å². The monoisotopic (exact) mass is 505 g/mol. The van der Waals surface area contributed by atoms with Crippen LogP contribution in [0.15, 0.2) is 23.4 Å². The molecule has 4 rings (SSSR count). The van der Waals surface area contributed by atoms with Crippen molar-refractivity contribution in [3.05, 3.63) is 35.3 Å². The van der Waals surface area contributed by atoms with E-state index in [2.05, 4.69) is 15.4 Å². The predicted molar refractivity (Wildman–Crippen MR) is 113 cm³/mol. The molecule has 2 aliphatic carbocycles. The molecule has 7 nitrogen and oxygen atoms in total. The summed E-state index contributed by atoms with van der Waals surface area (Å²) < 4.78 is 90.1. The van der Waals surface area contributed by atoms with Gasteiger partial charge in [-0.2, -0.15) is 18.3 Å². The second-order valence-corrected chi connectivity index (χ2v) is 11.9. The van der Waals surface area contributed by atoms with Gasteiger partial charge in [0.15, 0.2) is 0 Å². The van der Waals surface area contributed by atoms with E-state index in [0.717, 1.165) is 17.0 Å². The van der Waals surface area contributed by atoms with E-state index in [1.54, 1.807) is 6.92 Å². The Morgan fingerprint density at radius 2 is 1.97 bits per heavy atom. The van der Waals surface area contributed by atoms with Crippen LogP contribution in [0, 0.1) is 16.1 Å². The molecule has 2 N–H and O–H groups in total. The molecule has 3 atom stereocenters. The highest BCUT2D eigenvalue weighted by Crippen LogP contribution is 2.54. The lowest BCUT2D eigenvalue weighted by atomic mass is 9.67. The fraction of sp³-hybridized carbons (Fsp3) is 0.571. The van der Waals surface area contributed by atoms with Gasteiger partial charge in [0.05, 0.1) is 15.4 Å². The number of nitrogens with zero attached hydrogens (tertiary/aromatic N) is 3. The Bertz CT molecular complexity index is 1250. The average Bonchev–Trinajstić information content (AvgIpc) is 3.24. The second-order valence-electron chi connectivity index (χ2n) is 9.78. The lowest BCUT2D eigenvalue weighted by Gasteiger charge is -2.44. The van der Waals surface area contributed by atoms with Gasteiger partial charge in [0.1, 0.15) is 16.3 Å². The first-order valence-electron chi connectivity index (χ1n) is 10.6. The summed E-state index contributed by atoms with van der Waals surface area (Å²) in [6, 6.07) is 2.44. The maximum atomic E-state index is 14.2. The Hall–Kier alpha value is -2.57. The first kappa shape index (κ1) is 24.6. The molecule has 2 aliphatic rings. The zero-order chi connectivity index (χ0) is 25.3. The molecule has 0 saturated heterocycles. The van der Waals surface area contributed by atoms with Crippen molar-refractivity contribution in [1.29, 1.82) is 4.78 Å². The fourth-order valence-corrected chi connectivity index (χ4v) is 5.24. The maximum Gasteiger partial charge on any atom is 0.420 e. The molecule has 2 saturated carbocycles. The molecule has 186 valence electrons. The molecule has 2 fully saturated rings. The molecule has 0 spiro atoms. The summed E-state index contributed by atoms with van der Waals surface area (Å²) in [5.41, 5.74) is -3.18.